The van der Waals surface area contributed by atoms with Crippen molar-refractivity contribution in [2.24, 2.45) is 0 Å². The fraction of sp³-hybridized carbons (Fsp3) is 0.368. The normalized spacial score (nSPS) is 18.9. The first kappa shape index (κ1) is 15.7. The van der Waals surface area contributed by atoms with Gasteiger partial charge in [0.15, 0.2) is 0 Å². The fourth-order valence-electron chi connectivity index (χ4n) is 3.11. The molecular weight excluding hydrogens is 286 g/mol. The van der Waals surface area contributed by atoms with Gasteiger partial charge in [-0.1, -0.05) is 36.4 Å². The Morgan fingerprint density at radius 1 is 1.17 bits per heavy atom. The molecule has 4 nitrogen and oxygen atoms in total. The molecule has 0 spiro atoms. The van der Waals surface area contributed by atoms with Crippen molar-refractivity contribution in [2.45, 2.75) is 26.4 Å². The van der Waals surface area contributed by atoms with Crippen LogP contribution < -0.4 is 0 Å². The first-order valence-electron chi connectivity index (χ1n) is 8.09. The van der Waals surface area contributed by atoms with Gasteiger partial charge in [0.1, 0.15) is 0 Å². The largest absolute Gasteiger partial charge is 0.340 e. The van der Waals surface area contributed by atoms with Gasteiger partial charge in [0.25, 0.3) is 0 Å². The van der Waals surface area contributed by atoms with Crippen molar-refractivity contribution >= 4 is 5.91 Å². The van der Waals surface area contributed by atoms with E-state index in [9.17, 15) is 4.79 Å². The van der Waals surface area contributed by atoms with Gasteiger partial charge >= 0.3 is 0 Å². The molecule has 0 N–H and O–H groups in total. The molecule has 120 valence electrons. The van der Waals surface area contributed by atoms with E-state index in [1.807, 2.05) is 24.1 Å². The van der Waals surface area contributed by atoms with Gasteiger partial charge in [-0.05, 0) is 24.1 Å². The third-order valence-electron chi connectivity index (χ3n) is 4.48. The minimum absolute atomic E-state index is 0.155. The van der Waals surface area contributed by atoms with Crippen molar-refractivity contribution in [3.05, 3.63) is 65.5 Å². The van der Waals surface area contributed by atoms with E-state index in [-0.39, 0.29) is 11.9 Å². The molecule has 23 heavy (non-hydrogen) atoms. The predicted molar refractivity (Wildman–Crippen MR) is 90.8 cm³/mol. The van der Waals surface area contributed by atoms with Crippen LogP contribution in [0.15, 0.2) is 48.7 Å². The van der Waals surface area contributed by atoms with Crippen LogP contribution in [-0.2, 0) is 11.3 Å². The summed E-state index contributed by atoms with van der Waals surface area (Å²) in [5.41, 5.74) is 3.51. The molecule has 1 unspecified atom stereocenters. The molecule has 1 amide bonds. The second-order valence-corrected chi connectivity index (χ2v) is 6.17. The van der Waals surface area contributed by atoms with Crippen LogP contribution in [0.5, 0.6) is 0 Å². The molecule has 2 aromatic rings. The van der Waals surface area contributed by atoms with Gasteiger partial charge in [0.2, 0.25) is 5.91 Å². The highest BCUT2D eigenvalue weighted by Crippen LogP contribution is 2.27. The Labute approximate surface area is 137 Å². The van der Waals surface area contributed by atoms with E-state index in [4.69, 9.17) is 0 Å². The Morgan fingerprint density at radius 3 is 2.61 bits per heavy atom. The number of amides is 1. The first-order valence-corrected chi connectivity index (χ1v) is 8.09. The van der Waals surface area contributed by atoms with Crippen molar-refractivity contribution in [2.75, 3.05) is 19.6 Å². The summed E-state index contributed by atoms with van der Waals surface area (Å²) in [6.45, 7) is 6.94. The summed E-state index contributed by atoms with van der Waals surface area (Å²) >= 11 is 0. The number of aryl methyl sites for hydroxylation is 1. The number of hydrogen-bond acceptors (Lipinski definition) is 3. The zero-order valence-corrected chi connectivity index (χ0v) is 13.8. The average Bonchev–Trinajstić information content (AvgIpc) is 2.58. The number of carbonyl (C=O) groups excluding carboxylic acids is 1. The van der Waals surface area contributed by atoms with Gasteiger partial charge in [-0.15, -0.1) is 0 Å². The van der Waals surface area contributed by atoms with E-state index in [1.54, 1.807) is 6.92 Å². The van der Waals surface area contributed by atoms with Crippen LogP contribution in [0.3, 0.4) is 0 Å². The first-order chi connectivity index (χ1) is 11.1. The lowest BCUT2D eigenvalue weighted by atomic mass is 10.0. The summed E-state index contributed by atoms with van der Waals surface area (Å²) in [4.78, 5) is 20.6. The van der Waals surface area contributed by atoms with Crippen LogP contribution in [0.4, 0.5) is 0 Å². The molecule has 1 aliphatic heterocycles. The summed E-state index contributed by atoms with van der Waals surface area (Å²) in [5, 5.41) is 0. The maximum atomic E-state index is 11.8. The molecule has 0 radical (unpaired) electrons. The van der Waals surface area contributed by atoms with E-state index in [0.29, 0.717) is 0 Å². The van der Waals surface area contributed by atoms with Crippen LogP contribution >= 0.6 is 0 Å². The van der Waals surface area contributed by atoms with Gasteiger partial charge in [-0.3, -0.25) is 14.7 Å². The molecule has 1 aromatic carbocycles. The van der Waals surface area contributed by atoms with Crippen LogP contribution in [0.2, 0.25) is 0 Å². The Bertz CT molecular complexity index is 654. The van der Waals surface area contributed by atoms with Crippen LogP contribution in [-0.4, -0.2) is 40.3 Å². The summed E-state index contributed by atoms with van der Waals surface area (Å²) in [7, 11) is 0. The number of piperazine rings is 1. The van der Waals surface area contributed by atoms with E-state index < -0.39 is 0 Å². The highest BCUT2D eigenvalue weighted by molar-refractivity contribution is 5.73. The third-order valence-corrected chi connectivity index (χ3v) is 4.48. The standard InChI is InChI=1S/C19H23N3O/c1-15-8-9-17(12-20-15)13-22-11-10-21(16(2)23)14-19(22)18-6-4-3-5-7-18/h3-9,12,19H,10-11,13-14H2,1-2H3. The summed E-state index contributed by atoms with van der Waals surface area (Å²) in [5.74, 6) is 0.155. The molecule has 1 aliphatic rings. The van der Waals surface area contributed by atoms with Crippen molar-refractivity contribution in [3.8, 4) is 0 Å². The lowest BCUT2D eigenvalue weighted by Gasteiger charge is -2.41. The van der Waals surface area contributed by atoms with Crippen molar-refractivity contribution in [3.63, 3.8) is 0 Å². The van der Waals surface area contributed by atoms with Crippen molar-refractivity contribution in [1.82, 2.24) is 14.8 Å². The molecule has 0 aliphatic carbocycles. The maximum Gasteiger partial charge on any atom is 0.219 e. The Hall–Kier alpha value is -2.20. The summed E-state index contributed by atoms with van der Waals surface area (Å²) in [6, 6.07) is 14.9. The fourth-order valence-corrected chi connectivity index (χ4v) is 3.11. The number of carbonyl (C=O) groups is 1. The van der Waals surface area contributed by atoms with Gasteiger partial charge in [0, 0.05) is 45.0 Å². The van der Waals surface area contributed by atoms with E-state index in [0.717, 1.165) is 31.9 Å². The highest BCUT2D eigenvalue weighted by Gasteiger charge is 2.29. The highest BCUT2D eigenvalue weighted by atomic mass is 16.2. The van der Waals surface area contributed by atoms with Gasteiger partial charge < -0.3 is 4.90 Å². The van der Waals surface area contributed by atoms with E-state index in [1.165, 1.54) is 11.1 Å². The zero-order valence-electron chi connectivity index (χ0n) is 13.8. The van der Waals surface area contributed by atoms with Gasteiger partial charge in [-0.2, -0.15) is 0 Å². The lowest BCUT2D eigenvalue weighted by molar-refractivity contribution is -0.132. The van der Waals surface area contributed by atoms with Crippen LogP contribution in [0.1, 0.15) is 29.8 Å². The predicted octanol–water partition coefficient (Wildman–Crippen LogP) is 2.80. The topological polar surface area (TPSA) is 36.4 Å². The molecule has 1 aromatic heterocycles. The van der Waals surface area contributed by atoms with Crippen molar-refractivity contribution in [1.29, 1.82) is 0 Å². The SMILES string of the molecule is CC(=O)N1CCN(Cc2ccc(C)nc2)C(c2ccccc2)C1. The Kier molecular flexibility index (Phi) is 4.72. The number of hydrogen-bond donors (Lipinski definition) is 0. The molecule has 2 heterocycles. The molecule has 1 saturated heterocycles. The van der Waals surface area contributed by atoms with Crippen LogP contribution in [0.25, 0.3) is 0 Å². The third kappa shape index (κ3) is 3.77. The molecule has 4 heteroatoms. The zero-order chi connectivity index (χ0) is 16.2. The molecule has 3 rings (SSSR count). The number of rotatable bonds is 3. The second kappa shape index (κ2) is 6.92. The maximum absolute atomic E-state index is 11.8. The molecule has 0 bridgehead atoms. The van der Waals surface area contributed by atoms with E-state index >= 15 is 0 Å². The summed E-state index contributed by atoms with van der Waals surface area (Å²) in [6.07, 6.45) is 1.95. The van der Waals surface area contributed by atoms with Gasteiger partial charge in [0.05, 0.1) is 6.04 Å². The number of nitrogens with zero attached hydrogens (tertiary/aromatic N) is 3. The Morgan fingerprint density at radius 2 is 1.96 bits per heavy atom. The van der Waals surface area contributed by atoms with Gasteiger partial charge in [-0.25, -0.2) is 0 Å². The lowest BCUT2D eigenvalue weighted by Crippen LogP contribution is -2.49. The molecule has 1 fully saturated rings. The monoisotopic (exact) mass is 309 g/mol. The number of aromatic nitrogens is 1. The average molecular weight is 309 g/mol. The quantitative estimate of drug-likeness (QED) is 0.875. The molecule has 1 atom stereocenters. The minimum atomic E-state index is 0.155. The minimum Gasteiger partial charge on any atom is -0.340 e. The second-order valence-electron chi connectivity index (χ2n) is 6.17. The van der Waals surface area contributed by atoms with E-state index in [2.05, 4.69) is 46.3 Å². The number of benzene rings is 1. The number of pyridine rings is 1. The van der Waals surface area contributed by atoms with Crippen LogP contribution in [0, 0.1) is 6.92 Å². The van der Waals surface area contributed by atoms with Crippen molar-refractivity contribution < 1.29 is 4.79 Å². The Balaban J connectivity index is 1.82. The molecule has 0 saturated carbocycles. The summed E-state index contributed by atoms with van der Waals surface area (Å²) < 4.78 is 0. The molecular formula is C19H23N3O. The smallest absolute Gasteiger partial charge is 0.219 e.